The van der Waals surface area contributed by atoms with Gasteiger partial charge in [-0.05, 0) is 38.5 Å². The fourth-order valence-corrected chi connectivity index (χ4v) is 2.53. The Morgan fingerprint density at radius 3 is 2.18 bits per heavy atom. The smallest absolute Gasteiger partial charge is 0.306 e. The van der Waals surface area contributed by atoms with Crippen LogP contribution in [0, 0.1) is 11.8 Å². The SMILES string of the molecule is CC(N)(C(=O)N1CCC(C(=O)O)CC1)C1CC1. The quantitative estimate of drug-likeness (QED) is 0.749. The van der Waals surface area contributed by atoms with Crippen molar-refractivity contribution in [1.29, 1.82) is 0 Å². The average Bonchev–Trinajstić information content (AvgIpc) is 3.12. The number of rotatable bonds is 3. The molecule has 1 unspecified atom stereocenters. The Kier molecular flexibility index (Phi) is 3.12. The standard InChI is InChI=1S/C12H20N2O3/c1-12(13,9-2-3-9)11(17)14-6-4-8(5-7-14)10(15)16/h8-9H,2-7,13H2,1H3,(H,15,16). The largest absolute Gasteiger partial charge is 0.481 e. The molecule has 1 amide bonds. The van der Waals surface area contributed by atoms with Gasteiger partial charge in [-0.3, -0.25) is 9.59 Å². The molecule has 2 aliphatic rings. The molecule has 96 valence electrons. The molecule has 1 atom stereocenters. The zero-order chi connectivity index (χ0) is 12.6. The van der Waals surface area contributed by atoms with Gasteiger partial charge in [0, 0.05) is 13.1 Å². The van der Waals surface area contributed by atoms with Crippen molar-refractivity contribution in [3.63, 3.8) is 0 Å². The summed E-state index contributed by atoms with van der Waals surface area (Å²) in [5.41, 5.74) is 5.33. The van der Waals surface area contributed by atoms with Gasteiger partial charge in [-0.2, -0.15) is 0 Å². The molecule has 0 aromatic carbocycles. The van der Waals surface area contributed by atoms with Crippen LogP contribution >= 0.6 is 0 Å². The molecule has 0 spiro atoms. The molecule has 1 aliphatic heterocycles. The maximum absolute atomic E-state index is 12.2. The lowest BCUT2D eigenvalue weighted by atomic mass is 9.91. The lowest BCUT2D eigenvalue weighted by Gasteiger charge is -2.36. The average molecular weight is 240 g/mol. The van der Waals surface area contributed by atoms with Crippen LogP contribution in [0.25, 0.3) is 0 Å². The second-order valence-corrected chi connectivity index (χ2v) is 5.46. The third kappa shape index (κ3) is 2.44. The third-order valence-corrected chi connectivity index (χ3v) is 4.02. The van der Waals surface area contributed by atoms with E-state index in [0.717, 1.165) is 12.8 Å². The van der Waals surface area contributed by atoms with Crippen LogP contribution < -0.4 is 5.73 Å². The van der Waals surface area contributed by atoms with Crippen LogP contribution in [-0.4, -0.2) is 40.5 Å². The van der Waals surface area contributed by atoms with Crippen molar-refractivity contribution < 1.29 is 14.7 Å². The first-order valence-electron chi connectivity index (χ1n) is 6.24. The number of hydrogen-bond donors (Lipinski definition) is 2. The number of carbonyl (C=O) groups is 2. The van der Waals surface area contributed by atoms with E-state index in [9.17, 15) is 9.59 Å². The number of carbonyl (C=O) groups excluding carboxylic acids is 1. The molecule has 17 heavy (non-hydrogen) atoms. The van der Waals surface area contributed by atoms with Gasteiger partial charge in [0.2, 0.25) is 5.91 Å². The highest BCUT2D eigenvalue weighted by Gasteiger charge is 2.46. The van der Waals surface area contributed by atoms with E-state index in [1.165, 1.54) is 0 Å². The highest BCUT2D eigenvalue weighted by Crippen LogP contribution is 2.39. The molecule has 5 nitrogen and oxygen atoms in total. The predicted molar refractivity (Wildman–Crippen MR) is 62.3 cm³/mol. The van der Waals surface area contributed by atoms with E-state index in [4.69, 9.17) is 10.8 Å². The number of nitrogens with zero attached hydrogens (tertiary/aromatic N) is 1. The number of amides is 1. The molecule has 0 bridgehead atoms. The van der Waals surface area contributed by atoms with E-state index >= 15 is 0 Å². The van der Waals surface area contributed by atoms with Crippen molar-refractivity contribution in [2.75, 3.05) is 13.1 Å². The van der Waals surface area contributed by atoms with Crippen molar-refractivity contribution in [2.24, 2.45) is 17.6 Å². The Bertz CT molecular complexity index is 329. The lowest BCUT2D eigenvalue weighted by Crippen LogP contribution is -2.56. The van der Waals surface area contributed by atoms with E-state index < -0.39 is 11.5 Å². The van der Waals surface area contributed by atoms with Gasteiger partial charge in [-0.15, -0.1) is 0 Å². The van der Waals surface area contributed by atoms with E-state index in [-0.39, 0.29) is 11.8 Å². The molecule has 0 aromatic heterocycles. The van der Waals surface area contributed by atoms with E-state index in [2.05, 4.69) is 0 Å². The van der Waals surface area contributed by atoms with Gasteiger partial charge >= 0.3 is 5.97 Å². The van der Waals surface area contributed by atoms with Gasteiger partial charge in [0.25, 0.3) is 0 Å². The van der Waals surface area contributed by atoms with Gasteiger partial charge in [-0.1, -0.05) is 0 Å². The number of hydrogen-bond acceptors (Lipinski definition) is 3. The molecule has 2 rings (SSSR count). The van der Waals surface area contributed by atoms with Gasteiger partial charge < -0.3 is 15.7 Å². The maximum atomic E-state index is 12.2. The number of nitrogens with two attached hydrogens (primary N) is 1. The van der Waals surface area contributed by atoms with Crippen LogP contribution in [0.15, 0.2) is 0 Å². The van der Waals surface area contributed by atoms with Crippen LogP contribution in [0.2, 0.25) is 0 Å². The van der Waals surface area contributed by atoms with Crippen molar-refractivity contribution in [3.05, 3.63) is 0 Å². The fraction of sp³-hybridized carbons (Fsp3) is 0.833. The molecule has 5 heteroatoms. The summed E-state index contributed by atoms with van der Waals surface area (Å²) in [5.74, 6) is -0.755. The van der Waals surface area contributed by atoms with E-state index in [1.54, 1.807) is 11.8 Å². The van der Waals surface area contributed by atoms with Crippen LogP contribution in [-0.2, 0) is 9.59 Å². The Hall–Kier alpha value is -1.10. The summed E-state index contributed by atoms with van der Waals surface area (Å²) >= 11 is 0. The molecule has 0 radical (unpaired) electrons. The molecule has 1 aliphatic carbocycles. The Morgan fingerprint density at radius 1 is 1.24 bits per heavy atom. The van der Waals surface area contributed by atoms with Gasteiger partial charge in [0.1, 0.15) is 0 Å². The third-order valence-electron chi connectivity index (χ3n) is 4.02. The lowest BCUT2D eigenvalue weighted by molar-refractivity contribution is -0.147. The van der Waals surface area contributed by atoms with Gasteiger partial charge in [0.15, 0.2) is 0 Å². The van der Waals surface area contributed by atoms with E-state index in [0.29, 0.717) is 31.8 Å². The zero-order valence-corrected chi connectivity index (χ0v) is 10.2. The Balaban J connectivity index is 1.92. The fourth-order valence-electron chi connectivity index (χ4n) is 2.53. The molecule has 0 aromatic rings. The van der Waals surface area contributed by atoms with Gasteiger partial charge in [-0.25, -0.2) is 0 Å². The normalized spacial score (nSPS) is 25.4. The monoisotopic (exact) mass is 240 g/mol. The molecule has 1 heterocycles. The second kappa shape index (κ2) is 4.29. The molecule has 1 saturated carbocycles. The van der Waals surface area contributed by atoms with Crippen LogP contribution in [0.5, 0.6) is 0 Å². The first-order chi connectivity index (χ1) is 7.93. The van der Waals surface area contributed by atoms with Crippen LogP contribution in [0.3, 0.4) is 0 Å². The van der Waals surface area contributed by atoms with Crippen molar-refractivity contribution in [3.8, 4) is 0 Å². The van der Waals surface area contributed by atoms with Crippen molar-refractivity contribution >= 4 is 11.9 Å². The summed E-state index contributed by atoms with van der Waals surface area (Å²) < 4.78 is 0. The van der Waals surface area contributed by atoms with Crippen LogP contribution in [0.4, 0.5) is 0 Å². The summed E-state index contributed by atoms with van der Waals surface area (Å²) in [4.78, 5) is 24.8. The van der Waals surface area contributed by atoms with Crippen LogP contribution in [0.1, 0.15) is 32.6 Å². The second-order valence-electron chi connectivity index (χ2n) is 5.46. The summed E-state index contributed by atoms with van der Waals surface area (Å²) in [7, 11) is 0. The summed E-state index contributed by atoms with van der Waals surface area (Å²) in [6.07, 6.45) is 3.15. The van der Waals surface area contributed by atoms with E-state index in [1.807, 2.05) is 0 Å². The number of carboxylic acid groups (broad SMARTS) is 1. The molecular weight excluding hydrogens is 220 g/mol. The molecular formula is C12H20N2O3. The highest BCUT2D eigenvalue weighted by atomic mass is 16.4. The summed E-state index contributed by atoms with van der Waals surface area (Å²) in [6.45, 7) is 2.85. The minimum Gasteiger partial charge on any atom is -0.481 e. The maximum Gasteiger partial charge on any atom is 0.306 e. The molecule has 1 saturated heterocycles. The topological polar surface area (TPSA) is 83.6 Å². The minimum absolute atomic E-state index is 0.0103. The first kappa shape index (κ1) is 12.4. The minimum atomic E-state index is -0.755. The zero-order valence-electron chi connectivity index (χ0n) is 10.2. The molecule has 2 fully saturated rings. The predicted octanol–water partition coefficient (Wildman–Crippen LogP) is 0.437. The number of aliphatic carboxylic acids is 1. The van der Waals surface area contributed by atoms with Crippen molar-refractivity contribution in [2.45, 2.75) is 38.1 Å². The van der Waals surface area contributed by atoms with Gasteiger partial charge in [0.05, 0.1) is 11.5 Å². The Labute approximate surface area is 101 Å². The summed E-state index contributed by atoms with van der Waals surface area (Å²) in [5, 5.41) is 8.89. The first-order valence-corrected chi connectivity index (χ1v) is 6.24. The Morgan fingerprint density at radius 2 is 1.76 bits per heavy atom. The number of likely N-dealkylation sites (tertiary alicyclic amines) is 1. The summed E-state index contributed by atoms with van der Waals surface area (Å²) in [6, 6.07) is 0. The number of carboxylic acids is 1. The molecule has 3 N–H and O–H groups in total. The highest BCUT2D eigenvalue weighted by molar-refractivity contribution is 5.86. The number of piperidine rings is 1. The van der Waals surface area contributed by atoms with Crippen molar-refractivity contribution in [1.82, 2.24) is 4.90 Å².